The zero-order valence-electron chi connectivity index (χ0n) is 12.2. The highest BCUT2D eigenvalue weighted by molar-refractivity contribution is 5.35. The monoisotopic (exact) mass is 284 g/mol. The van der Waals surface area contributed by atoms with E-state index >= 15 is 0 Å². The van der Waals surface area contributed by atoms with Gasteiger partial charge in [-0.2, -0.15) is 0 Å². The molecule has 0 bridgehead atoms. The molecule has 0 amide bonds. The molecule has 0 spiro atoms. The van der Waals surface area contributed by atoms with E-state index < -0.39 is 0 Å². The van der Waals surface area contributed by atoms with Gasteiger partial charge in [0.2, 0.25) is 5.88 Å². The van der Waals surface area contributed by atoms with Gasteiger partial charge in [-0.05, 0) is 38.2 Å². The lowest BCUT2D eigenvalue weighted by Crippen LogP contribution is -2.12. The number of nitrogens with zero attached hydrogens (tertiary/aromatic N) is 3. The Balaban J connectivity index is 1.54. The average Bonchev–Trinajstić information content (AvgIpc) is 3.00. The minimum absolute atomic E-state index is 0.352. The van der Waals surface area contributed by atoms with Crippen LogP contribution in [0.1, 0.15) is 36.9 Å². The van der Waals surface area contributed by atoms with Gasteiger partial charge in [-0.15, -0.1) is 0 Å². The SMILES string of the molecule is Cc1cc(NCc2ccc(OC3CCCC3)nc2)ncn1. The molecule has 0 aliphatic heterocycles. The number of ether oxygens (including phenoxy) is 1. The van der Waals surface area contributed by atoms with Gasteiger partial charge in [0.05, 0.1) is 0 Å². The fraction of sp³-hybridized carbons (Fsp3) is 0.438. The van der Waals surface area contributed by atoms with Gasteiger partial charge in [0.25, 0.3) is 0 Å². The molecule has 0 atom stereocenters. The van der Waals surface area contributed by atoms with Gasteiger partial charge in [0.15, 0.2) is 0 Å². The minimum atomic E-state index is 0.352. The zero-order valence-corrected chi connectivity index (χ0v) is 12.2. The summed E-state index contributed by atoms with van der Waals surface area (Å²) >= 11 is 0. The maximum Gasteiger partial charge on any atom is 0.213 e. The lowest BCUT2D eigenvalue weighted by atomic mass is 10.3. The molecule has 110 valence electrons. The van der Waals surface area contributed by atoms with Gasteiger partial charge in [-0.1, -0.05) is 6.07 Å². The first-order valence-electron chi connectivity index (χ1n) is 7.44. The van der Waals surface area contributed by atoms with Crippen LogP contribution in [0.4, 0.5) is 5.82 Å². The molecule has 1 N–H and O–H groups in total. The van der Waals surface area contributed by atoms with E-state index in [0.717, 1.165) is 35.8 Å². The Morgan fingerprint density at radius 3 is 2.76 bits per heavy atom. The number of hydrogen-bond donors (Lipinski definition) is 1. The predicted molar refractivity (Wildman–Crippen MR) is 81.2 cm³/mol. The second-order valence-electron chi connectivity index (χ2n) is 5.43. The highest BCUT2D eigenvalue weighted by Gasteiger charge is 2.16. The van der Waals surface area contributed by atoms with Crippen molar-refractivity contribution in [3.05, 3.63) is 42.0 Å². The highest BCUT2D eigenvalue weighted by Crippen LogP contribution is 2.22. The number of nitrogens with one attached hydrogen (secondary N) is 1. The van der Waals surface area contributed by atoms with Crippen molar-refractivity contribution in [2.45, 2.75) is 45.3 Å². The van der Waals surface area contributed by atoms with E-state index in [1.807, 2.05) is 31.3 Å². The van der Waals surface area contributed by atoms with Crippen LogP contribution in [-0.4, -0.2) is 21.1 Å². The quantitative estimate of drug-likeness (QED) is 0.914. The molecule has 1 saturated carbocycles. The molecule has 0 saturated heterocycles. The van der Waals surface area contributed by atoms with Crippen LogP contribution in [0.15, 0.2) is 30.7 Å². The number of rotatable bonds is 5. The van der Waals surface area contributed by atoms with E-state index in [9.17, 15) is 0 Å². The lowest BCUT2D eigenvalue weighted by molar-refractivity contribution is 0.201. The summed E-state index contributed by atoms with van der Waals surface area (Å²) in [6.07, 6.45) is 8.61. The van der Waals surface area contributed by atoms with Gasteiger partial charge >= 0.3 is 0 Å². The predicted octanol–water partition coefficient (Wildman–Crippen LogP) is 3.11. The largest absolute Gasteiger partial charge is 0.474 e. The third-order valence-corrected chi connectivity index (χ3v) is 3.66. The number of aryl methyl sites for hydroxylation is 1. The van der Waals surface area contributed by atoms with E-state index in [4.69, 9.17) is 4.74 Å². The van der Waals surface area contributed by atoms with Crippen molar-refractivity contribution in [1.82, 2.24) is 15.0 Å². The van der Waals surface area contributed by atoms with E-state index in [1.54, 1.807) is 6.33 Å². The first kappa shape index (κ1) is 13.8. The van der Waals surface area contributed by atoms with Crippen LogP contribution in [0.25, 0.3) is 0 Å². The Morgan fingerprint density at radius 2 is 2.05 bits per heavy atom. The van der Waals surface area contributed by atoms with Crippen molar-refractivity contribution in [3.63, 3.8) is 0 Å². The van der Waals surface area contributed by atoms with E-state index in [-0.39, 0.29) is 0 Å². The van der Waals surface area contributed by atoms with Gasteiger partial charge in [-0.25, -0.2) is 15.0 Å². The third-order valence-electron chi connectivity index (χ3n) is 3.66. The molecule has 21 heavy (non-hydrogen) atoms. The molecule has 2 aromatic heterocycles. The molecule has 2 aromatic rings. The second-order valence-corrected chi connectivity index (χ2v) is 5.43. The maximum atomic E-state index is 5.86. The minimum Gasteiger partial charge on any atom is -0.474 e. The lowest BCUT2D eigenvalue weighted by Gasteiger charge is -2.12. The number of anilines is 1. The van der Waals surface area contributed by atoms with E-state index in [1.165, 1.54) is 12.8 Å². The maximum absolute atomic E-state index is 5.86. The number of pyridine rings is 1. The summed E-state index contributed by atoms with van der Waals surface area (Å²) in [7, 11) is 0. The first-order chi connectivity index (χ1) is 10.3. The molecule has 2 heterocycles. The van der Waals surface area contributed by atoms with Crippen molar-refractivity contribution in [1.29, 1.82) is 0 Å². The zero-order chi connectivity index (χ0) is 14.5. The third kappa shape index (κ3) is 3.90. The smallest absolute Gasteiger partial charge is 0.213 e. The van der Waals surface area contributed by atoms with Crippen molar-refractivity contribution in [3.8, 4) is 5.88 Å². The topological polar surface area (TPSA) is 59.9 Å². The second kappa shape index (κ2) is 6.52. The summed E-state index contributed by atoms with van der Waals surface area (Å²) in [5, 5.41) is 3.26. The molecule has 1 fully saturated rings. The number of aromatic nitrogens is 3. The molecule has 0 unspecified atom stereocenters. The van der Waals surface area contributed by atoms with Crippen LogP contribution in [0.3, 0.4) is 0 Å². The van der Waals surface area contributed by atoms with Crippen LogP contribution < -0.4 is 10.1 Å². The Bertz CT molecular complexity index is 579. The summed E-state index contributed by atoms with van der Waals surface area (Å²) < 4.78 is 5.86. The van der Waals surface area contributed by atoms with Gasteiger partial charge in [0, 0.05) is 30.6 Å². The van der Waals surface area contributed by atoms with Crippen molar-refractivity contribution in [2.75, 3.05) is 5.32 Å². The molecule has 1 aliphatic rings. The van der Waals surface area contributed by atoms with E-state index in [2.05, 4.69) is 20.3 Å². The summed E-state index contributed by atoms with van der Waals surface area (Å²) in [6.45, 7) is 2.64. The highest BCUT2D eigenvalue weighted by atomic mass is 16.5. The van der Waals surface area contributed by atoms with Crippen LogP contribution in [-0.2, 0) is 6.54 Å². The normalized spacial score (nSPS) is 15.1. The molecular weight excluding hydrogens is 264 g/mol. The van der Waals surface area contributed by atoms with Crippen LogP contribution in [0.5, 0.6) is 5.88 Å². The number of hydrogen-bond acceptors (Lipinski definition) is 5. The van der Waals surface area contributed by atoms with Gasteiger partial charge in [-0.3, -0.25) is 0 Å². The average molecular weight is 284 g/mol. The van der Waals surface area contributed by atoms with Gasteiger partial charge < -0.3 is 10.1 Å². The van der Waals surface area contributed by atoms with Crippen molar-refractivity contribution >= 4 is 5.82 Å². The summed E-state index contributed by atoms with van der Waals surface area (Å²) in [5.74, 6) is 1.55. The Hall–Kier alpha value is -2.17. The molecule has 1 aliphatic carbocycles. The van der Waals surface area contributed by atoms with Gasteiger partial charge in [0.1, 0.15) is 18.2 Å². The molecule has 3 rings (SSSR count). The fourth-order valence-electron chi connectivity index (χ4n) is 2.51. The summed E-state index contributed by atoms with van der Waals surface area (Å²) in [5.41, 5.74) is 2.05. The van der Waals surface area contributed by atoms with E-state index in [0.29, 0.717) is 12.6 Å². The fourth-order valence-corrected chi connectivity index (χ4v) is 2.51. The summed E-state index contributed by atoms with van der Waals surface area (Å²) in [4.78, 5) is 12.6. The first-order valence-corrected chi connectivity index (χ1v) is 7.44. The van der Waals surface area contributed by atoms with Crippen molar-refractivity contribution < 1.29 is 4.74 Å². The molecule has 5 heteroatoms. The standard InChI is InChI=1S/C16H20N4O/c1-12-8-15(20-11-19-12)17-9-13-6-7-16(18-10-13)21-14-4-2-3-5-14/h6-8,10-11,14H,2-5,9H2,1H3,(H,17,19,20). The molecule has 5 nitrogen and oxygen atoms in total. The molecule has 0 aromatic carbocycles. The van der Waals surface area contributed by atoms with Crippen LogP contribution in [0.2, 0.25) is 0 Å². The molecule has 0 radical (unpaired) electrons. The van der Waals surface area contributed by atoms with Crippen LogP contribution >= 0.6 is 0 Å². The van der Waals surface area contributed by atoms with Crippen LogP contribution in [0, 0.1) is 6.92 Å². The summed E-state index contributed by atoms with van der Waals surface area (Å²) in [6, 6.07) is 5.91. The Labute approximate surface area is 124 Å². The van der Waals surface area contributed by atoms with Crippen molar-refractivity contribution in [2.24, 2.45) is 0 Å². The Morgan fingerprint density at radius 1 is 1.19 bits per heavy atom. The molecular formula is C16H20N4O. The Kier molecular flexibility index (Phi) is 4.28.